The van der Waals surface area contributed by atoms with Crippen molar-refractivity contribution in [3.8, 4) is 10.4 Å². The molecule has 1 N–H and O–H groups in total. The van der Waals surface area contributed by atoms with Gasteiger partial charge in [-0.1, -0.05) is 12.1 Å². The summed E-state index contributed by atoms with van der Waals surface area (Å²) < 4.78 is 0. The minimum absolute atomic E-state index is 0.0306. The molecule has 136 valence electrons. The molecule has 2 aromatic rings. The lowest BCUT2D eigenvalue weighted by atomic mass is 9.79. The predicted octanol–water partition coefficient (Wildman–Crippen LogP) is 2.93. The van der Waals surface area contributed by atoms with Gasteiger partial charge in [-0.2, -0.15) is 0 Å². The van der Waals surface area contributed by atoms with E-state index in [9.17, 15) is 14.9 Å². The van der Waals surface area contributed by atoms with Crippen molar-refractivity contribution in [2.75, 3.05) is 13.1 Å². The number of carbonyl (C=O) groups is 1. The molecular weight excluding hydrogens is 352 g/mol. The van der Waals surface area contributed by atoms with Gasteiger partial charge in [0.2, 0.25) is 0 Å². The molecule has 1 aromatic carbocycles. The Labute approximate surface area is 155 Å². The van der Waals surface area contributed by atoms with E-state index in [2.05, 4.69) is 22.1 Å². The van der Waals surface area contributed by atoms with Crippen LogP contribution >= 0.6 is 11.3 Å². The lowest BCUT2D eigenvalue weighted by Gasteiger charge is -2.49. The molecule has 3 aliphatic heterocycles. The number of non-ortho nitro benzene ring substituents is 1. The predicted molar refractivity (Wildman–Crippen MR) is 99.2 cm³/mol. The van der Waals surface area contributed by atoms with Gasteiger partial charge >= 0.3 is 0 Å². The molecule has 3 fully saturated rings. The van der Waals surface area contributed by atoms with Crippen molar-refractivity contribution < 1.29 is 9.72 Å². The maximum atomic E-state index is 12.7. The standard InChI is InChI=1S/C18H20N4O3S/c1-11-16(12-5-7-21(11)8-6-12)20-17(23)18-19-10-15(26-18)13-3-2-4-14(9-13)22(24)25/h2-4,9-12,16H,5-8H2,1H3,(H,20,23)/t11-,16-/m0/s1. The average molecular weight is 372 g/mol. The number of aromatic nitrogens is 1. The smallest absolute Gasteiger partial charge is 0.280 e. The summed E-state index contributed by atoms with van der Waals surface area (Å²) in [5.74, 6) is 0.382. The molecule has 26 heavy (non-hydrogen) atoms. The molecule has 1 aromatic heterocycles. The Morgan fingerprint density at radius 3 is 2.85 bits per heavy atom. The summed E-state index contributed by atoms with van der Waals surface area (Å²) >= 11 is 1.26. The number of nitro groups is 1. The highest BCUT2D eigenvalue weighted by atomic mass is 32.1. The number of rotatable bonds is 4. The van der Waals surface area contributed by atoms with Crippen LogP contribution < -0.4 is 5.32 Å². The van der Waals surface area contributed by atoms with Gasteiger partial charge in [-0.15, -0.1) is 11.3 Å². The summed E-state index contributed by atoms with van der Waals surface area (Å²) in [5, 5.41) is 14.5. The van der Waals surface area contributed by atoms with Gasteiger partial charge in [-0.05, 0) is 38.8 Å². The van der Waals surface area contributed by atoms with Gasteiger partial charge in [0.1, 0.15) is 0 Å². The number of carbonyl (C=O) groups excluding carboxylic acids is 1. The topological polar surface area (TPSA) is 88.4 Å². The van der Waals surface area contributed by atoms with Crippen molar-refractivity contribution in [2.24, 2.45) is 5.92 Å². The Bertz CT molecular complexity index is 842. The number of amides is 1. The number of thiazole rings is 1. The zero-order chi connectivity index (χ0) is 18.3. The first-order valence-electron chi connectivity index (χ1n) is 8.78. The minimum atomic E-state index is -0.424. The van der Waals surface area contributed by atoms with E-state index in [4.69, 9.17) is 0 Å². The molecule has 3 saturated heterocycles. The van der Waals surface area contributed by atoms with Crippen LogP contribution in [0, 0.1) is 16.0 Å². The number of fused-ring (bicyclic) bond motifs is 3. The van der Waals surface area contributed by atoms with Crippen LogP contribution in [0.4, 0.5) is 5.69 Å². The number of benzene rings is 1. The van der Waals surface area contributed by atoms with Crippen LogP contribution in [0.5, 0.6) is 0 Å². The third kappa shape index (κ3) is 3.10. The van der Waals surface area contributed by atoms with Crippen LogP contribution in [0.3, 0.4) is 0 Å². The van der Waals surface area contributed by atoms with Gasteiger partial charge < -0.3 is 5.32 Å². The molecule has 2 bridgehead atoms. The van der Waals surface area contributed by atoms with Gasteiger partial charge in [0, 0.05) is 36.0 Å². The van der Waals surface area contributed by atoms with Crippen LogP contribution in [0.25, 0.3) is 10.4 Å². The lowest BCUT2D eigenvalue weighted by molar-refractivity contribution is -0.384. The summed E-state index contributed by atoms with van der Waals surface area (Å²) in [6.45, 7) is 4.41. The molecule has 0 unspecified atom stereocenters. The van der Waals surface area contributed by atoms with Gasteiger partial charge in [-0.25, -0.2) is 4.98 Å². The van der Waals surface area contributed by atoms with E-state index in [1.54, 1.807) is 18.3 Å². The molecule has 5 rings (SSSR count). The molecule has 0 aliphatic carbocycles. The van der Waals surface area contributed by atoms with Crippen LogP contribution in [-0.4, -0.2) is 45.9 Å². The Morgan fingerprint density at radius 1 is 1.38 bits per heavy atom. The van der Waals surface area contributed by atoms with Crippen LogP contribution in [-0.2, 0) is 0 Å². The quantitative estimate of drug-likeness (QED) is 0.658. The third-order valence-corrected chi connectivity index (χ3v) is 6.56. The molecule has 2 atom stereocenters. The summed E-state index contributed by atoms with van der Waals surface area (Å²) in [7, 11) is 0. The number of piperidine rings is 3. The van der Waals surface area contributed by atoms with Crippen LogP contribution in [0.1, 0.15) is 29.6 Å². The largest absolute Gasteiger partial charge is 0.345 e. The van der Waals surface area contributed by atoms with Crippen molar-refractivity contribution in [1.29, 1.82) is 0 Å². The van der Waals surface area contributed by atoms with Crippen molar-refractivity contribution in [2.45, 2.75) is 31.8 Å². The molecule has 0 radical (unpaired) electrons. The Balaban J connectivity index is 1.50. The number of nitro benzene ring substituents is 1. The maximum Gasteiger partial charge on any atom is 0.280 e. The fourth-order valence-electron chi connectivity index (χ4n) is 4.04. The third-order valence-electron chi connectivity index (χ3n) is 5.52. The Morgan fingerprint density at radius 2 is 2.15 bits per heavy atom. The zero-order valence-electron chi connectivity index (χ0n) is 14.4. The average Bonchev–Trinajstić information content (AvgIpc) is 3.15. The van der Waals surface area contributed by atoms with E-state index in [0.717, 1.165) is 30.8 Å². The van der Waals surface area contributed by atoms with Crippen LogP contribution in [0.2, 0.25) is 0 Å². The van der Waals surface area contributed by atoms with Crippen molar-refractivity contribution in [1.82, 2.24) is 15.2 Å². The van der Waals surface area contributed by atoms with E-state index in [1.807, 2.05) is 0 Å². The number of hydrogen-bond donors (Lipinski definition) is 1. The Hall–Kier alpha value is -2.32. The summed E-state index contributed by atoms with van der Waals surface area (Å²) in [4.78, 5) is 30.6. The fraction of sp³-hybridized carbons (Fsp3) is 0.444. The molecular formula is C18H20N4O3S. The Kier molecular flexibility index (Phi) is 4.46. The molecule has 7 nitrogen and oxygen atoms in total. The summed E-state index contributed by atoms with van der Waals surface area (Å²) in [5.41, 5.74) is 0.731. The lowest BCUT2D eigenvalue weighted by Crippen LogP contribution is -2.62. The van der Waals surface area contributed by atoms with E-state index >= 15 is 0 Å². The first-order chi connectivity index (χ1) is 12.5. The monoisotopic (exact) mass is 372 g/mol. The van der Waals surface area contributed by atoms with Crippen LogP contribution in [0.15, 0.2) is 30.5 Å². The second-order valence-corrected chi connectivity index (χ2v) is 7.98. The van der Waals surface area contributed by atoms with Gasteiger partial charge in [0.25, 0.3) is 11.6 Å². The van der Waals surface area contributed by atoms with E-state index in [-0.39, 0.29) is 17.6 Å². The molecule has 0 saturated carbocycles. The molecule has 0 spiro atoms. The molecule has 8 heteroatoms. The second-order valence-electron chi connectivity index (χ2n) is 6.95. The first-order valence-corrected chi connectivity index (χ1v) is 9.60. The second kappa shape index (κ2) is 6.77. The van der Waals surface area contributed by atoms with Crippen molar-refractivity contribution in [3.05, 3.63) is 45.6 Å². The van der Waals surface area contributed by atoms with E-state index in [1.165, 1.54) is 23.5 Å². The van der Waals surface area contributed by atoms with Gasteiger partial charge in [0.05, 0.1) is 9.80 Å². The zero-order valence-corrected chi connectivity index (χ0v) is 15.2. The first kappa shape index (κ1) is 17.1. The summed E-state index contributed by atoms with van der Waals surface area (Å²) in [6.07, 6.45) is 3.87. The van der Waals surface area contributed by atoms with E-state index in [0.29, 0.717) is 22.5 Å². The maximum absolute atomic E-state index is 12.7. The van der Waals surface area contributed by atoms with Gasteiger partial charge in [0.15, 0.2) is 5.01 Å². The van der Waals surface area contributed by atoms with Gasteiger partial charge in [-0.3, -0.25) is 19.8 Å². The van der Waals surface area contributed by atoms with Crippen molar-refractivity contribution >= 4 is 22.9 Å². The number of nitrogens with zero attached hydrogens (tertiary/aromatic N) is 3. The normalized spacial score (nSPS) is 27.3. The molecule has 1 amide bonds. The van der Waals surface area contributed by atoms with Crippen molar-refractivity contribution in [3.63, 3.8) is 0 Å². The van der Waals surface area contributed by atoms with E-state index < -0.39 is 4.92 Å². The highest BCUT2D eigenvalue weighted by Crippen LogP contribution is 2.33. The fourth-order valence-corrected chi connectivity index (χ4v) is 4.86. The highest BCUT2D eigenvalue weighted by Gasteiger charge is 2.40. The molecule has 4 heterocycles. The number of nitrogens with one attached hydrogen (secondary N) is 1. The molecule has 3 aliphatic rings. The SMILES string of the molecule is C[C@H]1[C@H](NC(=O)c2ncc(-c3cccc([N+](=O)[O-])c3)s2)C2CCN1CC2. The summed E-state index contributed by atoms with van der Waals surface area (Å²) in [6, 6.07) is 6.90. The minimum Gasteiger partial charge on any atom is -0.345 e. The number of hydrogen-bond acceptors (Lipinski definition) is 6. The highest BCUT2D eigenvalue weighted by molar-refractivity contribution is 7.17.